The molecule has 2 unspecified atom stereocenters. The third kappa shape index (κ3) is 9.49. The molecule has 0 aliphatic carbocycles. The second-order valence-electron chi connectivity index (χ2n) is 6.49. The molecule has 0 saturated heterocycles. The normalized spacial score (nSPS) is 16.3. The molecule has 0 bridgehead atoms. The first-order chi connectivity index (χ1) is 9.17. The minimum atomic E-state index is 0.859. The van der Waals surface area contributed by atoms with Crippen LogP contribution in [0.15, 0.2) is 0 Å². The number of hydrogen-bond donors (Lipinski definition) is 1. The van der Waals surface area contributed by atoms with Gasteiger partial charge in [0.2, 0.25) is 0 Å². The topological polar surface area (TPSA) is 26.0 Å². The molecule has 0 aliphatic rings. The van der Waals surface area contributed by atoms with E-state index in [1.165, 1.54) is 64.2 Å². The van der Waals surface area contributed by atoms with Crippen molar-refractivity contribution in [1.82, 2.24) is 0 Å². The van der Waals surface area contributed by atoms with Crippen LogP contribution in [0.4, 0.5) is 0 Å². The quantitative estimate of drug-likeness (QED) is 0.422. The predicted molar refractivity (Wildman–Crippen MR) is 88.4 cm³/mol. The summed E-state index contributed by atoms with van der Waals surface area (Å²) in [4.78, 5) is 0. The van der Waals surface area contributed by atoms with E-state index in [4.69, 9.17) is 5.73 Å². The average molecular weight is 270 g/mol. The number of unbranched alkanes of at least 4 members (excludes halogenated alkanes) is 5. The third-order valence-corrected chi connectivity index (χ3v) is 4.96. The fraction of sp³-hybridized carbons (Fsp3) is 1.00. The highest BCUT2D eigenvalue weighted by Crippen LogP contribution is 2.30. The molecule has 0 aromatic heterocycles. The van der Waals surface area contributed by atoms with Crippen LogP contribution >= 0.6 is 0 Å². The average Bonchev–Trinajstić information content (AvgIpc) is 2.42. The van der Waals surface area contributed by atoms with E-state index in [0.29, 0.717) is 0 Å². The Hall–Kier alpha value is -0.0400. The van der Waals surface area contributed by atoms with Gasteiger partial charge in [0.1, 0.15) is 0 Å². The summed E-state index contributed by atoms with van der Waals surface area (Å²) in [5, 5.41) is 0. The molecular weight excluding hydrogens is 230 g/mol. The molecule has 0 radical (unpaired) electrons. The van der Waals surface area contributed by atoms with E-state index in [2.05, 4.69) is 27.7 Å². The molecule has 0 heterocycles. The Morgan fingerprint density at radius 1 is 0.789 bits per heavy atom. The van der Waals surface area contributed by atoms with Crippen molar-refractivity contribution in [1.29, 1.82) is 0 Å². The molecule has 1 nitrogen and oxygen atoms in total. The highest BCUT2D eigenvalue weighted by atomic mass is 14.5. The molecule has 19 heavy (non-hydrogen) atoms. The van der Waals surface area contributed by atoms with Crippen LogP contribution < -0.4 is 5.73 Å². The summed E-state index contributed by atoms with van der Waals surface area (Å²) in [6.45, 7) is 10.5. The standard InChI is InChI=1S/C18H39N/c1-5-7-8-9-10-13-16(3)17(4)18(6-2)14-11-12-15-19/h16-18H,5-15,19H2,1-4H3/t16-,17?,18?/m1/s1. The maximum absolute atomic E-state index is 5.60. The van der Waals surface area contributed by atoms with Crippen molar-refractivity contribution in [2.75, 3.05) is 6.54 Å². The van der Waals surface area contributed by atoms with E-state index in [-0.39, 0.29) is 0 Å². The largest absolute Gasteiger partial charge is 0.330 e. The Kier molecular flexibility index (Phi) is 12.9. The zero-order valence-electron chi connectivity index (χ0n) is 14.1. The Bertz CT molecular complexity index is 179. The Balaban J connectivity index is 3.82. The van der Waals surface area contributed by atoms with Crippen molar-refractivity contribution in [2.45, 2.75) is 91.9 Å². The van der Waals surface area contributed by atoms with E-state index in [9.17, 15) is 0 Å². The van der Waals surface area contributed by atoms with Gasteiger partial charge in [0.15, 0.2) is 0 Å². The SMILES string of the molecule is CCCCCCC[C@@H](C)C(C)C(CC)CCCCN. The van der Waals surface area contributed by atoms with Gasteiger partial charge in [0, 0.05) is 0 Å². The monoisotopic (exact) mass is 269 g/mol. The van der Waals surface area contributed by atoms with Gasteiger partial charge >= 0.3 is 0 Å². The lowest BCUT2D eigenvalue weighted by molar-refractivity contribution is 0.223. The van der Waals surface area contributed by atoms with Gasteiger partial charge in [0.25, 0.3) is 0 Å². The minimum absolute atomic E-state index is 0.859. The summed E-state index contributed by atoms with van der Waals surface area (Å²) in [6, 6.07) is 0. The lowest BCUT2D eigenvalue weighted by atomic mass is 9.78. The van der Waals surface area contributed by atoms with Crippen LogP contribution in [0.5, 0.6) is 0 Å². The maximum atomic E-state index is 5.60. The van der Waals surface area contributed by atoms with Crippen LogP contribution in [0.2, 0.25) is 0 Å². The van der Waals surface area contributed by atoms with Crippen molar-refractivity contribution in [3.8, 4) is 0 Å². The number of hydrogen-bond acceptors (Lipinski definition) is 1. The Labute approximate surface area is 122 Å². The minimum Gasteiger partial charge on any atom is -0.330 e. The molecule has 0 aliphatic heterocycles. The van der Waals surface area contributed by atoms with E-state index < -0.39 is 0 Å². The van der Waals surface area contributed by atoms with Gasteiger partial charge in [-0.25, -0.2) is 0 Å². The van der Waals surface area contributed by atoms with Crippen molar-refractivity contribution < 1.29 is 0 Å². The molecule has 116 valence electrons. The summed E-state index contributed by atoms with van der Waals surface area (Å²) in [5.41, 5.74) is 5.60. The van der Waals surface area contributed by atoms with Crippen LogP contribution in [-0.2, 0) is 0 Å². The van der Waals surface area contributed by atoms with Crippen LogP contribution in [0.25, 0.3) is 0 Å². The first-order valence-electron chi connectivity index (χ1n) is 8.87. The highest BCUT2D eigenvalue weighted by molar-refractivity contribution is 4.71. The summed E-state index contributed by atoms with van der Waals surface area (Å²) in [7, 11) is 0. The van der Waals surface area contributed by atoms with Gasteiger partial charge in [0.05, 0.1) is 0 Å². The molecule has 0 fully saturated rings. The predicted octanol–water partition coefficient (Wildman–Crippen LogP) is 5.77. The molecule has 0 aromatic rings. The molecule has 3 atom stereocenters. The van der Waals surface area contributed by atoms with Crippen molar-refractivity contribution in [3.05, 3.63) is 0 Å². The number of nitrogens with two attached hydrogens (primary N) is 1. The fourth-order valence-electron chi connectivity index (χ4n) is 3.19. The number of rotatable bonds is 13. The molecule has 1 heteroatoms. The zero-order valence-corrected chi connectivity index (χ0v) is 14.1. The summed E-state index contributed by atoms with van der Waals surface area (Å²) >= 11 is 0. The first-order valence-corrected chi connectivity index (χ1v) is 8.87. The van der Waals surface area contributed by atoms with E-state index >= 15 is 0 Å². The van der Waals surface area contributed by atoms with E-state index in [0.717, 1.165) is 24.3 Å². The lowest BCUT2D eigenvalue weighted by Crippen LogP contribution is -2.19. The summed E-state index contributed by atoms with van der Waals surface area (Å²) in [6.07, 6.45) is 13.8. The second kappa shape index (κ2) is 13.0. The summed E-state index contributed by atoms with van der Waals surface area (Å²) in [5.74, 6) is 2.69. The smallest absolute Gasteiger partial charge is 0.00773 e. The molecule has 0 rings (SSSR count). The first kappa shape index (κ1) is 19.0. The van der Waals surface area contributed by atoms with Gasteiger partial charge in [-0.2, -0.15) is 0 Å². The molecule has 0 amide bonds. The van der Waals surface area contributed by atoms with Gasteiger partial charge in [-0.1, -0.05) is 85.5 Å². The molecule has 2 N–H and O–H groups in total. The zero-order chi connectivity index (χ0) is 14.5. The van der Waals surface area contributed by atoms with Crippen LogP contribution in [0.1, 0.15) is 91.9 Å². The lowest BCUT2D eigenvalue weighted by Gasteiger charge is -2.28. The van der Waals surface area contributed by atoms with Gasteiger partial charge in [-0.05, 0) is 30.7 Å². The fourth-order valence-corrected chi connectivity index (χ4v) is 3.19. The van der Waals surface area contributed by atoms with Gasteiger partial charge in [-0.3, -0.25) is 0 Å². The van der Waals surface area contributed by atoms with Gasteiger partial charge < -0.3 is 5.73 Å². The van der Waals surface area contributed by atoms with Crippen molar-refractivity contribution >= 4 is 0 Å². The van der Waals surface area contributed by atoms with E-state index in [1.54, 1.807) is 0 Å². The second-order valence-corrected chi connectivity index (χ2v) is 6.49. The van der Waals surface area contributed by atoms with Crippen LogP contribution in [-0.4, -0.2) is 6.54 Å². The maximum Gasteiger partial charge on any atom is -0.00773 e. The molecule has 0 spiro atoms. The van der Waals surface area contributed by atoms with E-state index in [1.807, 2.05) is 0 Å². The molecule has 0 saturated carbocycles. The van der Waals surface area contributed by atoms with Crippen molar-refractivity contribution in [3.63, 3.8) is 0 Å². The highest BCUT2D eigenvalue weighted by Gasteiger charge is 2.20. The third-order valence-electron chi connectivity index (χ3n) is 4.96. The Morgan fingerprint density at radius 2 is 1.42 bits per heavy atom. The van der Waals surface area contributed by atoms with Crippen molar-refractivity contribution in [2.24, 2.45) is 23.5 Å². The van der Waals surface area contributed by atoms with Crippen LogP contribution in [0, 0.1) is 17.8 Å². The molecule has 0 aromatic carbocycles. The van der Waals surface area contributed by atoms with Gasteiger partial charge in [-0.15, -0.1) is 0 Å². The molecular formula is C18H39N. The summed E-state index contributed by atoms with van der Waals surface area (Å²) < 4.78 is 0. The Morgan fingerprint density at radius 3 is 2.00 bits per heavy atom. The van der Waals surface area contributed by atoms with Crippen LogP contribution in [0.3, 0.4) is 0 Å².